The summed E-state index contributed by atoms with van der Waals surface area (Å²) in [6.07, 6.45) is 1.66. The summed E-state index contributed by atoms with van der Waals surface area (Å²) >= 11 is 3.04. The quantitative estimate of drug-likeness (QED) is 0.573. The Hall–Kier alpha value is -2.44. The Morgan fingerprint density at radius 3 is 2.88 bits per heavy atom. The van der Waals surface area contributed by atoms with Crippen molar-refractivity contribution in [3.05, 3.63) is 75.8 Å². The molecule has 0 aliphatic carbocycles. The van der Waals surface area contributed by atoms with Crippen molar-refractivity contribution in [3.63, 3.8) is 0 Å². The number of benzene rings is 1. The van der Waals surface area contributed by atoms with Gasteiger partial charge >= 0.3 is 0 Å². The number of thiophene rings is 1. The minimum atomic E-state index is -0.150. The number of para-hydroxylation sites is 1. The van der Waals surface area contributed by atoms with Crippen LogP contribution in [0.5, 0.6) is 0 Å². The van der Waals surface area contributed by atoms with Crippen molar-refractivity contribution in [3.8, 4) is 0 Å². The van der Waals surface area contributed by atoms with Crippen molar-refractivity contribution in [1.82, 2.24) is 10.3 Å². The minimum Gasteiger partial charge on any atom is -0.469 e. The van der Waals surface area contributed by atoms with Crippen LogP contribution in [-0.4, -0.2) is 17.4 Å². The normalized spacial score (nSPS) is 12.3. The van der Waals surface area contributed by atoms with Gasteiger partial charge in [0.05, 0.1) is 22.4 Å². The zero-order valence-corrected chi connectivity index (χ0v) is 14.3. The molecule has 0 saturated carbocycles. The van der Waals surface area contributed by atoms with Crippen molar-refractivity contribution in [1.29, 1.82) is 0 Å². The fourth-order valence-corrected chi connectivity index (χ4v) is 4.18. The van der Waals surface area contributed by atoms with Crippen molar-refractivity contribution in [2.24, 2.45) is 0 Å². The summed E-state index contributed by atoms with van der Waals surface area (Å²) in [6.45, 7) is 0.471. The molecule has 0 fully saturated rings. The molecule has 4 rings (SSSR count). The summed E-state index contributed by atoms with van der Waals surface area (Å²) in [4.78, 5) is 16.9. The second-order valence-electron chi connectivity index (χ2n) is 5.32. The molecule has 1 amide bonds. The lowest BCUT2D eigenvalue weighted by molar-refractivity contribution is 0.0951. The van der Waals surface area contributed by atoms with Gasteiger partial charge in [-0.3, -0.25) is 4.79 Å². The van der Waals surface area contributed by atoms with Gasteiger partial charge in [0.25, 0.3) is 5.91 Å². The Morgan fingerprint density at radius 2 is 2.12 bits per heavy atom. The second kappa shape index (κ2) is 6.59. The number of carbonyl (C=O) groups is 1. The first-order valence-electron chi connectivity index (χ1n) is 7.50. The molecule has 0 bridgehead atoms. The number of carbonyl (C=O) groups excluding carboxylic acids is 1. The molecule has 0 radical (unpaired) electrons. The van der Waals surface area contributed by atoms with E-state index < -0.39 is 0 Å². The number of aromatic nitrogens is 1. The smallest absolute Gasteiger partial charge is 0.280 e. The molecule has 4 aromatic rings. The molecule has 4 nitrogen and oxygen atoms in total. The van der Waals surface area contributed by atoms with Gasteiger partial charge in [0.2, 0.25) is 0 Å². The molecule has 1 unspecified atom stereocenters. The van der Waals surface area contributed by atoms with Crippen LogP contribution >= 0.6 is 22.7 Å². The minimum absolute atomic E-state index is 0.00424. The summed E-state index contributed by atoms with van der Waals surface area (Å²) in [5.74, 6) is 0.700. The first-order valence-corrected chi connectivity index (χ1v) is 9.26. The summed E-state index contributed by atoms with van der Waals surface area (Å²) in [5, 5.41) is 7.58. The molecule has 120 valence electrons. The molecule has 1 N–H and O–H groups in total. The number of thiazole rings is 1. The van der Waals surface area contributed by atoms with Gasteiger partial charge in [-0.15, -0.1) is 11.3 Å². The van der Waals surface area contributed by atoms with Gasteiger partial charge < -0.3 is 9.73 Å². The van der Waals surface area contributed by atoms with Gasteiger partial charge in [0.1, 0.15) is 5.76 Å². The molecule has 3 aromatic heterocycles. The van der Waals surface area contributed by atoms with Gasteiger partial charge in [-0.1, -0.05) is 12.1 Å². The van der Waals surface area contributed by atoms with Crippen molar-refractivity contribution in [2.45, 2.75) is 5.92 Å². The topological polar surface area (TPSA) is 55.1 Å². The molecular weight excluding hydrogens is 340 g/mol. The number of rotatable bonds is 5. The lowest BCUT2D eigenvalue weighted by Gasteiger charge is -2.13. The third-order valence-corrected chi connectivity index (χ3v) is 5.52. The van der Waals surface area contributed by atoms with Crippen LogP contribution in [0, 0.1) is 0 Å². The Morgan fingerprint density at radius 1 is 1.21 bits per heavy atom. The molecule has 1 atom stereocenters. The molecule has 1 aromatic carbocycles. The second-order valence-corrected chi connectivity index (χ2v) is 7.13. The van der Waals surface area contributed by atoms with E-state index in [0.717, 1.165) is 21.5 Å². The van der Waals surface area contributed by atoms with Crippen LogP contribution < -0.4 is 5.32 Å². The Labute approximate surface area is 146 Å². The zero-order chi connectivity index (χ0) is 16.4. The Balaban J connectivity index is 1.52. The van der Waals surface area contributed by atoms with Crippen LogP contribution in [0.15, 0.2) is 63.9 Å². The number of amides is 1. The van der Waals surface area contributed by atoms with Crippen molar-refractivity contribution in [2.75, 3.05) is 6.54 Å². The van der Waals surface area contributed by atoms with Gasteiger partial charge in [0, 0.05) is 6.54 Å². The third-order valence-electron chi connectivity index (χ3n) is 3.79. The Kier molecular flexibility index (Phi) is 4.15. The van der Waals surface area contributed by atoms with Crippen LogP contribution in [0.2, 0.25) is 0 Å². The van der Waals surface area contributed by atoms with E-state index in [0.29, 0.717) is 11.6 Å². The highest BCUT2D eigenvalue weighted by molar-refractivity contribution is 7.20. The van der Waals surface area contributed by atoms with Crippen LogP contribution in [-0.2, 0) is 0 Å². The largest absolute Gasteiger partial charge is 0.469 e. The monoisotopic (exact) mass is 354 g/mol. The number of hydrogen-bond acceptors (Lipinski definition) is 5. The third kappa shape index (κ3) is 2.98. The number of hydrogen-bond donors (Lipinski definition) is 1. The predicted molar refractivity (Wildman–Crippen MR) is 96.8 cm³/mol. The average molecular weight is 354 g/mol. The molecule has 24 heavy (non-hydrogen) atoms. The SMILES string of the molecule is O=C(NCC(c1ccsc1)c1ccco1)c1nc2ccccc2s1. The van der Waals surface area contributed by atoms with E-state index in [1.165, 1.54) is 11.3 Å². The van der Waals surface area contributed by atoms with Crippen molar-refractivity contribution < 1.29 is 9.21 Å². The molecule has 0 aliphatic rings. The van der Waals surface area contributed by atoms with Gasteiger partial charge in [-0.25, -0.2) is 4.98 Å². The lowest BCUT2D eigenvalue weighted by Crippen LogP contribution is -2.28. The summed E-state index contributed by atoms with van der Waals surface area (Å²) in [5.41, 5.74) is 1.99. The number of furan rings is 1. The summed E-state index contributed by atoms with van der Waals surface area (Å²) in [6, 6.07) is 13.6. The highest BCUT2D eigenvalue weighted by Crippen LogP contribution is 2.27. The molecule has 0 spiro atoms. The molecule has 6 heteroatoms. The van der Waals surface area contributed by atoms with E-state index in [-0.39, 0.29) is 11.8 Å². The number of fused-ring (bicyclic) bond motifs is 1. The standard InChI is InChI=1S/C18H14N2O2S2/c21-17(18-20-14-4-1-2-6-16(14)24-18)19-10-13(12-7-9-23-11-12)15-5-3-8-22-15/h1-9,11,13H,10H2,(H,19,21). The van der Waals surface area contributed by atoms with Crippen LogP contribution in [0.4, 0.5) is 0 Å². The first-order chi connectivity index (χ1) is 11.8. The van der Waals surface area contributed by atoms with Gasteiger partial charge in [-0.05, 0) is 46.7 Å². The van der Waals surface area contributed by atoms with E-state index in [2.05, 4.69) is 21.7 Å². The highest BCUT2D eigenvalue weighted by atomic mass is 32.1. The maximum Gasteiger partial charge on any atom is 0.280 e. The predicted octanol–water partition coefficient (Wildman–Crippen LogP) is 4.51. The van der Waals surface area contributed by atoms with E-state index in [4.69, 9.17) is 4.42 Å². The fraction of sp³-hybridized carbons (Fsp3) is 0.111. The lowest BCUT2D eigenvalue weighted by atomic mass is 9.99. The maximum absolute atomic E-state index is 12.5. The molecule has 0 saturated heterocycles. The van der Waals surface area contributed by atoms with Gasteiger partial charge in [-0.2, -0.15) is 11.3 Å². The van der Waals surface area contributed by atoms with E-state index in [1.807, 2.05) is 41.8 Å². The van der Waals surface area contributed by atoms with Crippen LogP contribution in [0.3, 0.4) is 0 Å². The Bertz CT molecular complexity index is 875. The average Bonchev–Trinajstić information content (AvgIpc) is 3.35. The summed E-state index contributed by atoms with van der Waals surface area (Å²) < 4.78 is 6.56. The summed E-state index contributed by atoms with van der Waals surface area (Å²) in [7, 11) is 0. The van der Waals surface area contributed by atoms with Crippen molar-refractivity contribution >= 4 is 38.8 Å². The van der Waals surface area contributed by atoms with Crippen LogP contribution in [0.1, 0.15) is 27.0 Å². The van der Waals surface area contributed by atoms with E-state index in [1.54, 1.807) is 17.6 Å². The van der Waals surface area contributed by atoms with E-state index in [9.17, 15) is 4.79 Å². The fourth-order valence-electron chi connectivity index (χ4n) is 2.59. The maximum atomic E-state index is 12.5. The molecule has 3 heterocycles. The highest BCUT2D eigenvalue weighted by Gasteiger charge is 2.20. The first kappa shape index (κ1) is 15.1. The zero-order valence-electron chi connectivity index (χ0n) is 12.6. The van der Waals surface area contributed by atoms with Gasteiger partial charge in [0.15, 0.2) is 5.01 Å². The number of nitrogens with zero attached hydrogens (tertiary/aromatic N) is 1. The van der Waals surface area contributed by atoms with Crippen LogP contribution in [0.25, 0.3) is 10.2 Å². The van der Waals surface area contributed by atoms with E-state index >= 15 is 0 Å². The molecular formula is C18H14N2O2S2. The number of nitrogens with one attached hydrogen (secondary N) is 1. The molecule has 0 aliphatic heterocycles.